The predicted octanol–water partition coefficient (Wildman–Crippen LogP) is 5.34. The Morgan fingerprint density at radius 3 is 2.28 bits per heavy atom. The van der Waals surface area contributed by atoms with Gasteiger partial charge in [0.15, 0.2) is 0 Å². The fourth-order valence-corrected chi connectivity index (χ4v) is 4.01. The third-order valence-corrected chi connectivity index (χ3v) is 5.78. The van der Waals surface area contributed by atoms with Crippen LogP contribution >= 0.6 is 0 Å². The topological polar surface area (TPSA) is 66.8 Å². The van der Waals surface area contributed by atoms with Gasteiger partial charge in [-0.1, -0.05) is 45.4 Å². The molecule has 2 aromatic rings. The van der Waals surface area contributed by atoms with Crippen molar-refractivity contribution < 1.29 is 19.5 Å². The molecule has 1 amide bonds. The quantitative estimate of drug-likeness (QED) is 0.421. The van der Waals surface area contributed by atoms with Gasteiger partial charge in [0.2, 0.25) is 0 Å². The van der Waals surface area contributed by atoms with Crippen LogP contribution in [0.2, 0.25) is 0 Å². The van der Waals surface area contributed by atoms with Gasteiger partial charge in [0.1, 0.15) is 6.10 Å². The number of amides is 1. The number of hydroxylamine groups is 1. The molecule has 5 heteroatoms. The summed E-state index contributed by atoms with van der Waals surface area (Å²) in [5, 5.41) is 10.8. The zero-order valence-corrected chi connectivity index (χ0v) is 17.2. The molecule has 0 heterocycles. The van der Waals surface area contributed by atoms with E-state index in [1.807, 2.05) is 0 Å². The molecule has 0 spiro atoms. The summed E-state index contributed by atoms with van der Waals surface area (Å²) in [4.78, 5) is 25.0. The SMILES string of the molecule is CC(C)[C@@H]1CC[C@@H](C)C[C@H]1OC(=O)c1ccc(N(O)C(=O)c2ccccc2)cc1. The zero-order valence-electron chi connectivity index (χ0n) is 17.2. The van der Waals surface area contributed by atoms with Crippen molar-refractivity contribution in [2.75, 3.05) is 5.06 Å². The Bertz CT molecular complexity index is 832. The molecule has 5 nitrogen and oxygen atoms in total. The summed E-state index contributed by atoms with van der Waals surface area (Å²) in [5.74, 6) is 0.509. The van der Waals surface area contributed by atoms with Gasteiger partial charge in [0, 0.05) is 5.56 Å². The minimum atomic E-state index is -0.531. The number of carbonyl (C=O) groups is 2. The van der Waals surface area contributed by atoms with Crippen LogP contribution < -0.4 is 5.06 Å². The van der Waals surface area contributed by atoms with Gasteiger partial charge in [-0.2, -0.15) is 5.06 Å². The molecule has 0 unspecified atom stereocenters. The van der Waals surface area contributed by atoms with E-state index in [-0.39, 0.29) is 12.1 Å². The van der Waals surface area contributed by atoms with E-state index in [0.29, 0.717) is 39.6 Å². The molecular weight excluding hydrogens is 366 g/mol. The number of ether oxygens (including phenoxy) is 1. The number of nitrogens with zero attached hydrogens (tertiary/aromatic N) is 1. The molecule has 0 radical (unpaired) electrons. The highest BCUT2D eigenvalue weighted by atomic mass is 16.5. The second-order valence-corrected chi connectivity index (χ2v) is 8.30. The highest BCUT2D eigenvalue weighted by Crippen LogP contribution is 2.35. The van der Waals surface area contributed by atoms with E-state index in [4.69, 9.17) is 4.74 Å². The summed E-state index contributed by atoms with van der Waals surface area (Å²) in [6.45, 7) is 6.55. The molecule has 3 atom stereocenters. The Morgan fingerprint density at radius 2 is 1.66 bits per heavy atom. The van der Waals surface area contributed by atoms with Crippen LogP contribution in [0, 0.1) is 17.8 Å². The molecule has 0 bridgehead atoms. The number of hydrogen-bond donors (Lipinski definition) is 1. The minimum absolute atomic E-state index is 0.0695. The van der Waals surface area contributed by atoms with E-state index < -0.39 is 5.91 Å². The molecular formula is C24H29NO4. The molecule has 1 saturated carbocycles. The molecule has 1 fully saturated rings. The van der Waals surface area contributed by atoms with Crippen LogP contribution in [-0.2, 0) is 4.74 Å². The molecule has 0 saturated heterocycles. The number of esters is 1. The smallest absolute Gasteiger partial charge is 0.338 e. The molecule has 1 N–H and O–H groups in total. The van der Waals surface area contributed by atoms with Crippen LogP contribution in [0.4, 0.5) is 5.69 Å². The van der Waals surface area contributed by atoms with Gasteiger partial charge in [0.25, 0.3) is 5.91 Å². The molecule has 154 valence electrons. The third-order valence-electron chi connectivity index (χ3n) is 5.78. The zero-order chi connectivity index (χ0) is 21.0. The van der Waals surface area contributed by atoms with Gasteiger partial charge in [0.05, 0.1) is 11.3 Å². The van der Waals surface area contributed by atoms with E-state index in [1.54, 1.807) is 54.6 Å². The molecule has 0 aromatic heterocycles. The summed E-state index contributed by atoms with van der Waals surface area (Å²) < 4.78 is 5.86. The van der Waals surface area contributed by atoms with Crippen molar-refractivity contribution in [3.8, 4) is 0 Å². The van der Waals surface area contributed by atoms with E-state index in [9.17, 15) is 14.8 Å². The van der Waals surface area contributed by atoms with E-state index in [2.05, 4.69) is 20.8 Å². The monoisotopic (exact) mass is 395 g/mol. The molecule has 1 aliphatic carbocycles. The summed E-state index contributed by atoms with van der Waals surface area (Å²) in [6.07, 6.45) is 3.08. The lowest BCUT2D eigenvalue weighted by Gasteiger charge is -2.36. The third kappa shape index (κ3) is 5.04. The van der Waals surface area contributed by atoms with Crippen LogP contribution in [0.25, 0.3) is 0 Å². The molecule has 29 heavy (non-hydrogen) atoms. The van der Waals surface area contributed by atoms with E-state index >= 15 is 0 Å². The van der Waals surface area contributed by atoms with Gasteiger partial charge < -0.3 is 4.74 Å². The number of carbonyl (C=O) groups excluding carboxylic acids is 2. The van der Waals surface area contributed by atoms with Crippen LogP contribution in [-0.4, -0.2) is 23.2 Å². The largest absolute Gasteiger partial charge is 0.458 e. The van der Waals surface area contributed by atoms with E-state index in [0.717, 1.165) is 12.8 Å². The Balaban J connectivity index is 1.67. The average molecular weight is 395 g/mol. The Labute approximate surface area is 172 Å². The fourth-order valence-electron chi connectivity index (χ4n) is 4.01. The maximum atomic E-state index is 12.7. The van der Waals surface area contributed by atoms with Gasteiger partial charge in [-0.05, 0) is 67.0 Å². The lowest BCUT2D eigenvalue weighted by molar-refractivity contribution is -0.0174. The average Bonchev–Trinajstić information content (AvgIpc) is 2.73. The summed E-state index contributed by atoms with van der Waals surface area (Å²) in [5.41, 5.74) is 1.08. The Morgan fingerprint density at radius 1 is 1.00 bits per heavy atom. The first kappa shape index (κ1) is 21.1. The standard InChI is InChI=1S/C24H29NO4/c1-16(2)21-14-9-17(3)15-22(21)29-24(27)19-10-12-20(13-11-19)25(28)23(26)18-7-5-4-6-8-18/h4-8,10-13,16-17,21-22,28H,9,14-15H2,1-3H3/t17-,21+,22-/m1/s1. The Kier molecular flexibility index (Phi) is 6.70. The molecule has 0 aliphatic heterocycles. The van der Waals surface area contributed by atoms with Crippen LogP contribution in [0.3, 0.4) is 0 Å². The summed E-state index contributed by atoms with van der Waals surface area (Å²) >= 11 is 0. The number of hydrogen-bond acceptors (Lipinski definition) is 4. The first-order valence-corrected chi connectivity index (χ1v) is 10.3. The van der Waals surface area contributed by atoms with Crippen molar-refractivity contribution in [2.24, 2.45) is 17.8 Å². The summed E-state index contributed by atoms with van der Waals surface area (Å²) in [7, 11) is 0. The molecule has 2 aromatic carbocycles. The number of rotatable bonds is 5. The molecule has 3 rings (SSSR count). The van der Waals surface area contributed by atoms with Crippen molar-refractivity contribution in [2.45, 2.75) is 46.1 Å². The molecule has 1 aliphatic rings. The first-order chi connectivity index (χ1) is 13.9. The second-order valence-electron chi connectivity index (χ2n) is 8.30. The van der Waals surface area contributed by atoms with Crippen molar-refractivity contribution in [3.63, 3.8) is 0 Å². The predicted molar refractivity (Wildman–Crippen MR) is 112 cm³/mol. The highest BCUT2D eigenvalue weighted by molar-refractivity contribution is 6.04. The minimum Gasteiger partial charge on any atom is -0.458 e. The van der Waals surface area contributed by atoms with Crippen molar-refractivity contribution in [1.82, 2.24) is 0 Å². The van der Waals surface area contributed by atoms with Crippen LogP contribution in [0.1, 0.15) is 60.7 Å². The normalized spacial score (nSPS) is 21.6. The van der Waals surface area contributed by atoms with Gasteiger partial charge in [-0.3, -0.25) is 10.0 Å². The van der Waals surface area contributed by atoms with Gasteiger partial charge in [-0.25, -0.2) is 4.79 Å². The second kappa shape index (κ2) is 9.23. The van der Waals surface area contributed by atoms with Crippen molar-refractivity contribution in [3.05, 3.63) is 65.7 Å². The van der Waals surface area contributed by atoms with Crippen molar-refractivity contribution in [1.29, 1.82) is 0 Å². The van der Waals surface area contributed by atoms with Crippen LogP contribution in [0.5, 0.6) is 0 Å². The maximum Gasteiger partial charge on any atom is 0.338 e. The number of benzene rings is 2. The lowest BCUT2D eigenvalue weighted by Crippen LogP contribution is -2.35. The fraction of sp³-hybridized carbons (Fsp3) is 0.417. The van der Waals surface area contributed by atoms with E-state index in [1.165, 1.54) is 6.42 Å². The Hall–Kier alpha value is -2.66. The van der Waals surface area contributed by atoms with Gasteiger partial charge >= 0.3 is 5.97 Å². The first-order valence-electron chi connectivity index (χ1n) is 10.3. The summed E-state index contributed by atoms with van der Waals surface area (Å²) in [6, 6.07) is 14.8. The van der Waals surface area contributed by atoms with Crippen molar-refractivity contribution >= 4 is 17.6 Å². The lowest BCUT2D eigenvalue weighted by atomic mass is 9.75. The van der Waals surface area contributed by atoms with Crippen LogP contribution in [0.15, 0.2) is 54.6 Å². The highest BCUT2D eigenvalue weighted by Gasteiger charge is 2.33. The van der Waals surface area contributed by atoms with Gasteiger partial charge in [-0.15, -0.1) is 0 Å². The maximum absolute atomic E-state index is 12.7. The number of anilines is 1.